The molecule has 4 atom stereocenters. The molecule has 294 valence electrons. The van der Waals surface area contributed by atoms with Crippen molar-refractivity contribution < 1.29 is 24.0 Å². The quantitative estimate of drug-likeness (QED) is 0.0531. The highest BCUT2D eigenvalue weighted by Gasteiger charge is 2.32. The van der Waals surface area contributed by atoms with Gasteiger partial charge in [0.15, 0.2) is 11.9 Å². The van der Waals surface area contributed by atoms with Gasteiger partial charge in [-0.15, -0.1) is 0 Å². The van der Waals surface area contributed by atoms with Gasteiger partial charge in [-0.1, -0.05) is 84.9 Å². The van der Waals surface area contributed by atoms with Crippen molar-refractivity contribution in [3.05, 3.63) is 96.1 Å². The summed E-state index contributed by atoms with van der Waals surface area (Å²) in [6.07, 6.45) is 0.936. The lowest BCUT2D eigenvalue weighted by Gasteiger charge is -2.26. The molecule has 0 radical (unpaired) electrons. The Morgan fingerprint density at radius 3 is 1.73 bits per heavy atom. The first-order valence-electron chi connectivity index (χ1n) is 18.5. The molecule has 0 bridgehead atoms. The maximum Gasteiger partial charge on any atom is 0.243 e. The van der Waals surface area contributed by atoms with Gasteiger partial charge in [0.25, 0.3) is 0 Å². The number of carbonyl (C=O) groups excluding carboxylic acids is 5. The molecule has 1 aliphatic heterocycles. The van der Waals surface area contributed by atoms with Crippen LogP contribution in [-0.2, 0) is 36.8 Å². The molecule has 4 aromatic carbocycles. The average Bonchev–Trinajstić information content (AvgIpc) is 3.18. The standard InChI is InChI=1S/C40H49N11O5/c41-39(42)45-18-6-14-30-36(54)49-31(15-7-19-46-40(43)44)37(55)51-32(21-24-16-17-25-8-1-2-10-27(25)20-24)35(53)47-23-34(52)48-33(38(56)50-30)22-28-12-5-11-26-9-3-4-13-29(26)28/h1-5,8-13,16-17,20,30-33H,6-7,14-15,18-19,21-23H2,(H,47,53)(H,48,52)(H,49,54)(H,50,56)(H,51,55)(H4,41,42,45)(H4,43,44,46)/t30-,31-,32-,33-/m0/s1. The molecule has 16 nitrogen and oxygen atoms in total. The number of hydrogen-bond acceptors (Lipinski definition) is 7. The number of aliphatic imine (C=N–C) groups is 2. The normalized spacial score (nSPS) is 19.7. The van der Waals surface area contributed by atoms with Crippen LogP contribution in [0.15, 0.2) is 94.9 Å². The van der Waals surface area contributed by atoms with Gasteiger partial charge in [-0.3, -0.25) is 34.0 Å². The fourth-order valence-electron chi connectivity index (χ4n) is 6.61. The highest BCUT2D eigenvalue weighted by molar-refractivity contribution is 5.98. The van der Waals surface area contributed by atoms with Crippen molar-refractivity contribution in [3.8, 4) is 0 Å². The molecule has 1 heterocycles. The Labute approximate surface area is 324 Å². The number of benzene rings is 4. The van der Waals surface area contributed by atoms with E-state index in [9.17, 15) is 24.0 Å². The summed E-state index contributed by atoms with van der Waals surface area (Å²) in [5, 5.41) is 17.5. The smallest absolute Gasteiger partial charge is 0.243 e. The molecule has 4 aromatic rings. The molecule has 1 fully saturated rings. The first-order chi connectivity index (χ1) is 27.0. The van der Waals surface area contributed by atoms with Crippen LogP contribution >= 0.6 is 0 Å². The van der Waals surface area contributed by atoms with Crippen molar-refractivity contribution in [2.24, 2.45) is 32.9 Å². The fraction of sp³-hybridized carbons (Fsp3) is 0.325. The predicted octanol–water partition coefficient (Wildman–Crippen LogP) is -0.0456. The minimum absolute atomic E-state index is 0.0766. The Morgan fingerprint density at radius 1 is 0.554 bits per heavy atom. The van der Waals surface area contributed by atoms with Crippen LogP contribution in [0.4, 0.5) is 0 Å². The zero-order chi connectivity index (χ0) is 40.0. The largest absolute Gasteiger partial charge is 0.370 e. The molecule has 0 unspecified atom stereocenters. The highest BCUT2D eigenvalue weighted by Crippen LogP contribution is 2.21. The monoisotopic (exact) mass is 763 g/mol. The van der Waals surface area contributed by atoms with E-state index >= 15 is 0 Å². The number of carbonyl (C=O) groups is 5. The van der Waals surface area contributed by atoms with Gasteiger partial charge in [0.1, 0.15) is 24.2 Å². The highest BCUT2D eigenvalue weighted by atomic mass is 16.2. The van der Waals surface area contributed by atoms with Crippen LogP contribution in [0.2, 0.25) is 0 Å². The Balaban J connectivity index is 1.48. The lowest BCUT2D eigenvalue weighted by atomic mass is 9.98. The molecule has 0 spiro atoms. The SMILES string of the molecule is NC(N)=NCCC[C@@H]1NC(=O)[C@H](Cc2cccc3ccccc23)NC(=O)CNC(=O)[C@H](Cc2ccc3ccccc3c2)NC(=O)[C@H](CCCN=C(N)N)NC1=O. The van der Waals surface area contributed by atoms with Crippen molar-refractivity contribution in [1.29, 1.82) is 0 Å². The lowest BCUT2D eigenvalue weighted by molar-refractivity contribution is -0.134. The van der Waals surface area contributed by atoms with E-state index in [0.29, 0.717) is 12.8 Å². The molecule has 5 rings (SSSR count). The molecule has 16 heteroatoms. The van der Waals surface area contributed by atoms with Gasteiger partial charge in [-0.25, -0.2) is 0 Å². The summed E-state index contributed by atoms with van der Waals surface area (Å²) in [7, 11) is 0. The third kappa shape index (κ3) is 11.6. The van der Waals surface area contributed by atoms with Crippen LogP contribution < -0.4 is 49.5 Å². The Morgan fingerprint density at radius 2 is 1.09 bits per heavy atom. The second kappa shape index (κ2) is 19.6. The van der Waals surface area contributed by atoms with E-state index in [2.05, 4.69) is 36.6 Å². The van der Waals surface area contributed by atoms with E-state index in [4.69, 9.17) is 22.9 Å². The average molecular weight is 764 g/mol. The van der Waals surface area contributed by atoms with E-state index in [1.807, 2.05) is 84.9 Å². The summed E-state index contributed by atoms with van der Waals surface area (Å²) >= 11 is 0. The summed E-state index contributed by atoms with van der Waals surface area (Å²) in [5.41, 5.74) is 23.6. The number of hydrogen-bond donors (Lipinski definition) is 9. The van der Waals surface area contributed by atoms with Crippen molar-refractivity contribution >= 4 is 63.0 Å². The zero-order valence-electron chi connectivity index (χ0n) is 31.0. The second-order valence-corrected chi connectivity index (χ2v) is 13.6. The number of fused-ring (bicyclic) bond motifs is 2. The van der Waals surface area contributed by atoms with E-state index < -0.39 is 60.2 Å². The summed E-state index contributed by atoms with van der Waals surface area (Å²) in [4.78, 5) is 77.4. The molecule has 1 aliphatic rings. The number of nitrogens with one attached hydrogen (secondary N) is 5. The summed E-state index contributed by atoms with van der Waals surface area (Å²) in [5.74, 6) is -3.48. The molecule has 1 saturated heterocycles. The van der Waals surface area contributed by atoms with Crippen molar-refractivity contribution in [1.82, 2.24) is 26.6 Å². The molecule has 0 saturated carbocycles. The van der Waals surface area contributed by atoms with E-state index in [1.54, 1.807) is 0 Å². The topological polar surface area (TPSA) is 274 Å². The predicted molar refractivity (Wildman–Crippen MR) is 216 cm³/mol. The first-order valence-corrected chi connectivity index (χ1v) is 18.5. The molecular weight excluding hydrogens is 715 g/mol. The van der Waals surface area contributed by atoms with Crippen LogP contribution in [-0.4, -0.2) is 85.3 Å². The minimum Gasteiger partial charge on any atom is -0.370 e. The van der Waals surface area contributed by atoms with E-state index in [-0.39, 0.29) is 50.7 Å². The van der Waals surface area contributed by atoms with Gasteiger partial charge in [-0.2, -0.15) is 0 Å². The molecule has 0 aliphatic carbocycles. The fourth-order valence-corrected chi connectivity index (χ4v) is 6.61. The first kappa shape index (κ1) is 40.5. The summed E-state index contributed by atoms with van der Waals surface area (Å²) in [6.45, 7) is -0.139. The number of nitrogens with two attached hydrogens (primary N) is 4. The third-order valence-corrected chi connectivity index (χ3v) is 9.42. The minimum atomic E-state index is -1.16. The van der Waals surface area contributed by atoms with E-state index in [1.165, 1.54) is 0 Å². The van der Waals surface area contributed by atoms with Crippen LogP contribution in [0.1, 0.15) is 36.8 Å². The van der Waals surface area contributed by atoms with Crippen LogP contribution in [0.25, 0.3) is 21.5 Å². The van der Waals surface area contributed by atoms with Crippen LogP contribution in [0.5, 0.6) is 0 Å². The van der Waals surface area contributed by atoms with Gasteiger partial charge in [0.05, 0.1) is 6.54 Å². The molecular formula is C40H49N11O5. The Kier molecular flexibility index (Phi) is 14.1. The van der Waals surface area contributed by atoms with Crippen LogP contribution in [0, 0.1) is 0 Å². The van der Waals surface area contributed by atoms with Crippen molar-refractivity contribution in [2.75, 3.05) is 19.6 Å². The lowest BCUT2D eigenvalue weighted by Crippen LogP contribution is -2.58. The van der Waals surface area contributed by atoms with Gasteiger partial charge in [0, 0.05) is 25.9 Å². The van der Waals surface area contributed by atoms with Gasteiger partial charge < -0.3 is 49.5 Å². The van der Waals surface area contributed by atoms with Crippen molar-refractivity contribution in [2.45, 2.75) is 62.7 Å². The van der Waals surface area contributed by atoms with Gasteiger partial charge in [0.2, 0.25) is 29.5 Å². The summed E-state index contributed by atoms with van der Waals surface area (Å²) in [6, 6.07) is 22.2. The van der Waals surface area contributed by atoms with Gasteiger partial charge in [-0.05, 0) is 58.4 Å². The molecule has 5 amide bonds. The second-order valence-electron chi connectivity index (χ2n) is 13.6. The number of guanidine groups is 2. The maximum atomic E-state index is 14.1. The number of nitrogens with zero attached hydrogens (tertiary/aromatic N) is 2. The zero-order valence-corrected chi connectivity index (χ0v) is 31.0. The Hall–Kier alpha value is -6.71. The molecule has 13 N–H and O–H groups in total. The molecule has 0 aromatic heterocycles. The van der Waals surface area contributed by atoms with Gasteiger partial charge >= 0.3 is 0 Å². The van der Waals surface area contributed by atoms with E-state index in [0.717, 1.165) is 32.7 Å². The molecule has 56 heavy (non-hydrogen) atoms. The van der Waals surface area contributed by atoms with Crippen molar-refractivity contribution in [3.63, 3.8) is 0 Å². The third-order valence-electron chi connectivity index (χ3n) is 9.42. The Bertz CT molecular complexity index is 2110. The maximum absolute atomic E-state index is 14.1. The summed E-state index contributed by atoms with van der Waals surface area (Å²) < 4.78 is 0. The number of amides is 5. The number of rotatable bonds is 12. The van der Waals surface area contributed by atoms with Crippen LogP contribution in [0.3, 0.4) is 0 Å².